The van der Waals surface area contributed by atoms with Gasteiger partial charge in [-0.2, -0.15) is 0 Å². The zero-order chi connectivity index (χ0) is 23.0. The second-order valence-electron chi connectivity index (χ2n) is 7.08. The summed E-state index contributed by atoms with van der Waals surface area (Å²) in [4.78, 5) is 13.5. The Morgan fingerprint density at radius 2 is 1.87 bits per heavy atom. The normalized spacial score (nSPS) is 10.0. The summed E-state index contributed by atoms with van der Waals surface area (Å²) in [6.07, 6.45) is 2.29. The Hall–Kier alpha value is -3.13. The zero-order valence-electron chi connectivity index (χ0n) is 18.1. The van der Waals surface area contributed by atoms with E-state index in [0.29, 0.717) is 18.0 Å². The molecule has 0 saturated heterocycles. The fourth-order valence-corrected chi connectivity index (χ4v) is 3.24. The van der Waals surface area contributed by atoms with Gasteiger partial charge in [-0.25, -0.2) is 11.7 Å². The molecule has 0 radical (unpaired) electrons. The van der Waals surface area contributed by atoms with E-state index in [2.05, 4.69) is 35.9 Å². The lowest BCUT2D eigenvalue weighted by Crippen LogP contribution is -2.26. The number of anilines is 1. The van der Waals surface area contributed by atoms with Crippen LogP contribution in [-0.4, -0.2) is 18.4 Å². The maximum atomic E-state index is 8.94. The highest BCUT2D eigenvalue weighted by Crippen LogP contribution is 2.32. The van der Waals surface area contributed by atoms with Gasteiger partial charge < -0.3 is 9.75 Å². The van der Waals surface area contributed by atoms with E-state index < -0.39 is 0 Å². The summed E-state index contributed by atoms with van der Waals surface area (Å²) in [5.41, 5.74) is 8.84. The molecule has 1 heterocycles. The molecule has 7 nitrogen and oxygen atoms in total. The highest BCUT2D eigenvalue weighted by Gasteiger charge is 2.13. The van der Waals surface area contributed by atoms with Crippen molar-refractivity contribution in [2.24, 2.45) is 11.7 Å². The topological polar surface area (TPSA) is 106 Å². The van der Waals surface area contributed by atoms with Crippen molar-refractivity contribution in [3.8, 4) is 17.0 Å². The van der Waals surface area contributed by atoms with Crippen LogP contribution in [0.1, 0.15) is 22.3 Å². The predicted octanol–water partition coefficient (Wildman–Crippen LogP) is 3.82. The van der Waals surface area contributed by atoms with Gasteiger partial charge in [0, 0.05) is 29.4 Å². The van der Waals surface area contributed by atoms with Gasteiger partial charge in [0.2, 0.25) is 6.41 Å². The van der Waals surface area contributed by atoms with Crippen molar-refractivity contribution in [2.75, 3.05) is 12.1 Å². The van der Waals surface area contributed by atoms with Crippen LogP contribution in [0, 0.1) is 20.8 Å². The zero-order valence-corrected chi connectivity index (χ0v) is 18.9. The van der Waals surface area contributed by atoms with Crippen molar-refractivity contribution in [3.05, 3.63) is 75.9 Å². The van der Waals surface area contributed by atoms with Crippen molar-refractivity contribution >= 4 is 23.7 Å². The van der Waals surface area contributed by atoms with Gasteiger partial charge in [-0.3, -0.25) is 15.2 Å². The van der Waals surface area contributed by atoms with Gasteiger partial charge in [-0.1, -0.05) is 23.7 Å². The number of nitrogens with zero attached hydrogens (tertiary/aromatic N) is 2. The number of ether oxygens (including phenoxy) is 1. The number of nitrogens with two attached hydrogens (primary N) is 2. The molecule has 0 fully saturated rings. The van der Waals surface area contributed by atoms with E-state index in [1.165, 1.54) is 0 Å². The number of pyridine rings is 1. The Bertz CT molecular complexity index is 1020. The van der Waals surface area contributed by atoms with Crippen molar-refractivity contribution < 1.29 is 9.53 Å². The number of hydrogen-bond donors (Lipinski definition) is 3. The second-order valence-corrected chi connectivity index (χ2v) is 7.48. The number of nitrogens with one attached hydrogen (secondary N) is 1. The SMILES string of the molecule is Cc1ccc(-c2cc(C)c(OCc3c(Cl)cccc3N(C)N)cc2C)nc1.NNC=O. The summed E-state index contributed by atoms with van der Waals surface area (Å²) in [5.74, 6) is 11.2. The third kappa shape index (κ3) is 6.42. The predicted molar refractivity (Wildman–Crippen MR) is 126 cm³/mol. The van der Waals surface area contributed by atoms with Gasteiger partial charge in [-0.15, -0.1) is 0 Å². The van der Waals surface area contributed by atoms with Gasteiger partial charge in [0.15, 0.2) is 0 Å². The number of carbonyl (C=O) groups is 1. The molecular formula is C23H28ClN5O2. The molecule has 3 rings (SSSR count). The summed E-state index contributed by atoms with van der Waals surface area (Å²) in [7, 11) is 1.79. The van der Waals surface area contributed by atoms with Crippen LogP contribution in [0.2, 0.25) is 5.02 Å². The minimum Gasteiger partial charge on any atom is -0.488 e. The first kappa shape index (κ1) is 24.1. The van der Waals surface area contributed by atoms with Gasteiger partial charge in [0.05, 0.1) is 11.4 Å². The summed E-state index contributed by atoms with van der Waals surface area (Å²) in [6, 6.07) is 13.9. The molecule has 1 aromatic heterocycles. The molecule has 31 heavy (non-hydrogen) atoms. The lowest BCUT2D eigenvalue weighted by molar-refractivity contribution is -0.109. The molecule has 3 aromatic rings. The van der Waals surface area contributed by atoms with Crippen LogP contribution < -0.4 is 26.9 Å². The highest BCUT2D eigenvalue weighted by molar-refractivity contribution is 6.31. The van der Waals surface area contributed by atoms with Gasteiger partial charge in [0.1, 0.15) is 12.4 Å². The molecule has 0 spiro atoms. The molecule has 0 aliphatic carbocycles. The smallest absolute Gasteiger partial charge is 0.221 e. The Labute approximate surface area is 187 Å². The number of benzene rings is 2. The first-order valence-electron chi connectivity index (χ1n) is 9.61. The minimum atomic E-state index is 0.346. The van der Waals surface area contributed by atoms with Crippen LogP contribution in [0.5, 0.6) is 5.75 Å². The fraction of sp³-hybridized carbons (Fsp3) is 0.217. The Kier molecular flexibility index (Phi) is 8.81. The van der Waals surface area contributed by atoms with Crippen molar-refractivity contribution in [1.29, 1.82) is 0 Å². The first-order valence-corrected chi connectivity index (χ1v) is 9.99. The molecule has 2 aromatic carbocycles. The number of rotatable bonds is 6. The number of amides is 1. The van der Waals surface area contributed by atoms with Crippen molar-refractivity contribution in [2.45, 2.75) is 27.4 Å². The highest BCUT2D eigenvalue weighted by atomic mass is 35.5. The van der Waals surface area contributed by atoms with E-state index in [1.54, 1.807) is 17.5 Å². The van der Waals surface area contributed by atoms with Crippen LogP contribution in [0.15, 0.2) is 48.7 Å². The maximum Gasteiger partial charge on any atom is 0.221 e. The molecule has 8 heteroatoms. The van der Waals surface area contributed by atoms with Gasteiger partial charge in [0.25, 0.3) is 0 Å². The molecule has 5 N–H and O–H groups in total. The number of hydrogen-bond acceptors (Lipinski definition) is 6. The summed E-state index contributed by atoms with van der Waals surface area (Å²) in [5, 5.41) is 2.19. The van der Waals surface area contributed by atoms with Crippen molar-refractivity contribution in [3.63, 3.8) is 0 Å². The van der Waals surface area contributed by atoms with Gasteiger partial charge >= 0.3 is 0 Å². The van der Waals surface area contributed by atoms with Crippen LogP contribution in [-0.2, 0) is 11.4 Å². The molecule has 0 aliphatic heterocycles. The number of hydrazine groups is 2. The molecule has 0 saturated carbocycles. The van der Waals surface area contributed by atoms with E-state index in [1.807, 2.05) is 44.3 Å². The molecule has 0 atom stereocenters. The summed E-state index contributed by atoms with van der Waals surface area (Å²) in [6.45, 7) is 6.49. The van der Waals surface area contributed by atoms with E-state index in [9.17, 15) is 0 Å². The number of aryl methyl sites for hydroxylation is 3. The Morgan fingerprint density at radius 3 is 2.45 bits per heavy atom. The molecule has 1 amide bonds. The molecular weight excluding hydrogens is 414 g/mol. The van der Waals surface area contributed by atoms with Crippen molar-refractivity contribution in [1.82, 2.24) is 10.4 Å². The maximum absolute atomic E-state index is 8.94. The third-order valence-corrected chi connectivity index (χ3v) is 4.98. The quantitative estimate of drug-likeness (QED) is 0.232. The number of carbonyl (C=O) groups excluding carboxylic acids is 1. The van der Waals surface area contributed by atoms with E-state index in [-0.39, 0.29) is 0 Å². The van der Waals surface area contributed by atoms with E-state index in [0.717, 1.165) is 44.9 Å². The first-order chi connectivity index (χ1) is 14.8. The summed E-state index contributed by atoms with van der Waals surface area (Å²) >= 11 is 6.36. The molecule has 164 valence electrons. The molecule has 0 bridgehead atoms. The lowest BCUT2D eigenvalue weighted by Gasteiger charge is -2.19. The largest absolute Gasteiger partial charge is 0.488 e. The second kappa shape index (κ2) is 11.3. The van der Waals surface area contributed by atoms with E-state index in [4.69, 9.17) is 27.0 Å². The van der Waals surface area contributed by atoms with Crippen LogP contribution in [0.25, 0.3) is 11.3 Å². The Morgan fingerprint density at radius 1 is 1.16 bits per heavy atom. The standard InChI is InChI=1S/C22H24ClN3O.CH4N2O/c1-14-8-9-20(25-12-14)17-10-16(3)22(11-15(17)2)27-13-18-19(23)6-5-7-21(18)26(4)24;2-3-1-4/h5-12H,13,24H2,1-4H3;1H,2H2,(H,3,4). The van der Waals surface area contributed by atoms with Gasteiger partial charge in [-0.05, 0) is 67.8 Å². The Balaban J connectivity index is 0.000000785. The lowest BCUT2D eigenvalue weighted by atomic mass is 10.0. The van der Waals surface area contributed by atoms with Crippen LogP contribution in [0.4, 0.5) is 5.69 Å². The number of halogens is 1. The average molecular weight is 442 g/mol. The van der Waals surface area contributed by atoms with Crippen LogP contribution >= 0.6 is 11.6 Å². The van der Waals surface area contributed by atoms with E-state index >= 15 is 0 Å². The van der Waals surface area contributed by atoms with Crippen LogP contribution in [0.3, 0.4) is 0 Å². The third-order valence-electron chi connectivity index (χ3n) is 4.62. The average Bonchev–Trinajstić information content (AvgIpc) is 2.75. The molecule has 0 unspecified atom stereocenters. The molecule has 0 aliphatic rings. The number of aromatic nitrogens is 1. The minimum absolute atomic E-state index is 0.346. The monoisotopic (exact) mass is 441 g/mol. The summed E-state index contributed by atoms with van der Waals surface area (Å²) < 4.78 is 6.10. The fourth-order valence-electron chi connectivity index (χ4n) is 3.02.